The van der Waals surface area contributed by atoms with Crippen molar-refractivity contribution in [3.8, 4) is 11.8 Å². The molecule has 6 heteroatoms. The maximum absolute atomic E-state index is 12.6. The summed E-state index contributed by atoms with van der Waals surface area (Å²) in [6, 6.07) is 15.5. The largest absolute Gasteiger partial charge is 0.493 e. The topological polar surface area (TPSA) is 88.4 Å². The molecule has 0 fully saturated rings. The van der Waals surface area contributed by atoms with Crippen LogP contribution >= 0.6 is 0 Å². The Bertz CT molecular complexity index is 928. The summed E-state index contributed by atoms with van der Waals surface area (Å²) in [6.07, 6.45) is 3.06. The van der Waals surface area contributed by atoms with Crippen molar-refractivity contribution in [3.63, 3.8) is 0 Å². The van der Waals surface area contributed by atoms with E-state index in [0.717, 1.165) is 12.8 Å². The number of amides is 1. The van der Waals surface area contributed by atoms with E-state index in [9.17, 15) is 14.9 Å². The van der Waals surface area contributed by atoms with Gasteiger partial charge in [0.2, 0.25) is 0 Å². The molecule has 0 unspecified atom stereocenters. The summed E-state index contributed by atoms with van der Waals surface area (Å²) in [5, 5.41) is 12.1. The number of ether oxygens (including phenoxy) is 2. The molecule has 29 heavy (non-hydrogen) atoms. The zero-order valence-corrected chi connectivity index (χ0v) is 16.6. The highest BCUT2D eigenvalue weighted by atomic mass is 16.5. The SMILES string of the molecule is CCCOC(=O)c1cccc(NC(=O)/C(C#N)=C/c2ccccc2OCCC)c1. The van der Waals surface area contributed by atoms with Crippen LogP contribution in [0.3, 0.4) is 0 Å². The Kier molecular flexibility index (Phi) is 8.46. The number of hydrogen-bond donors (Lipinski definition) is 1. The van der Waals surface area contributed by atoms with Crippen molar-refractivity contribution in [3.05, 3.63) is 65.2 Å². The molecule has 2 aromatic carbocycles. The first-order chi connectivity index (χ1) is 14.1. The van der Waals surface area contributed by atoms with Crippen molar-refractivity contribution in [2.45, 2.75) is 26.7 Å². The fourth-order valence-electron chi connectivity index (χ4n) is 2.45. The molecular formula is C23H24N2O4. The van der Waals surface area contributed by atoms with Gasteiger partial charge in [-0.1, -0.05) is 38.1 Å². The monoisotopic (exact) mass is 392 g/mol. The van der Waals surface area contributed by atoms with E-state index in [4.69, 9.17) is 9.47 Å². The first-order valence-corrected chi connectivity index (χ1v) is 9.51. The molecule has 0 radical (unpaired) electrons. The number of hydrogen-bond acceptors (Lipinski definition) is 5. The lowest BCUT2D eigenvalue weighted by atomic mass is 10.1. The molecule has 2 aromatic rings. The Morgan fingerprint density at radius 2 is 1.83 bits per heavy atom. The minimum Gasteiger partial charge on any atom is -0.493 e. The van der Waals surface area contributed by atoms with Gasteiger partial charge in [-0.3, -0.25) is 4.79 Å². The van der Waals surface area contributed by atoms with E-state index in [1.165, 1.54) is 12.1 Å². The van der Waals surface area contributed by atoms with Crippen molar-refractivity contribution in [1.82, 2.24) is 0 Å². The minimum absolute atomic E-state index is 0.0727. The number of rotatable bonds is 9. The standard InChI is InChI=1S/C23H24N2O4/c1-3-12-28-21-11-6-5-8-17(21)14-19(16-24)22(26)25-20-10-7-9-18(15-20)23(27)29-13-4-2/h5-11,14-15H,3-4,12-13H2,1-2H3,(H,25,26)/b19-14+. The van der Waals surface area contributed by atoms with Crippen LogP contribution in [0.25, 0.3) is 6.08 Å². The fraction of sp³-hybridized carbons (Fsp3) is 0.261. The average molecular weight is 392 g/mol. The Morgan fingerprint density at radius 1 is 1.07 bits per heavy atom. The van der Waals surface area contributed by atoms with Crippen LogP contribution in [-0.2, 0) is 9.53 Å². The Morgan fingerprint density at radius 3 is 2.55 bits per heavy atom. The lowest BCUT2D eigenvalue weighted by molar-refractivity contribution is -0.112. The van der Waals surface area contributed by atoms with Crippen molar-refractivity contribution >= 4 is 23.6 Å². The number of nitrogens with zero attached hydrogens (tertiary/aromatic N) is 1. The van der Waals surface area contributed by atoms with Gasteiger partial charge in [-0.25, -0.2) is 4.79 Å². The molecule has 0 aliphatic carbocycles. The van der Waals surface area contributed by atoms with Crippen LogP contribution in [-0.4, -0.2) is 25.1 Å². The van der Waals surface area contributed by atoms with Crippen LogP contribution < -0.4 is 10.1 Å². The number of benzene rings is 2. The molecular weight excluding hydrogens is 368 g/mol. The smallest absolute Gasteiger partial charge is 0.338 e. The number of carbonyl (C=O) groups is 2. The molecule has 0 bridgehead atoms. The zero-order valence-electron chi connectivity index (χ0n) is 16.6. The minimum atomic E-state index is -0.572. The van der Waals surface area contributed by atoms with Crippen molar-refractivity contribution in [2.75, 3.05) is 18.5 Å². The van der Waals surface area contributed by atoms with E-state index in [-0.39, 0.29) is 5.57 Å². The Balaban J connectivity index is 2.18. The van der Waals surface area contributed by atoms with Gasteiger partial charge in [-0.15, -0.1) is 0 Å². The van der Waals surface area contributed by atoms with E-state index in [1.807, 2.05) is 32.0 Å². The van der Waals surface area contributed by atoms with Gasteiger partial charge in [0.25, 0.3) is 5.91 Å². The summed E-state index contributed by atoms with van der Waals surface area (Å²) >= 11 is 0. The first kappa shape index (κ1) is 21.7. The summed E-state index contributed by atoms with van der Waals surface area (Å²) in [4.78, 5) is 24.6. The average Bonchev–Trinajstić information content (AvgIpc) is 2.75. The normalized spacial score (nSPS) is 10.7. The summed E-state index contributed by atoms with van der Waals surface area (Å²) < 4.78 is 10.8. The van der Waals surface area contributed by atoms with E-state index in [2.05, 4.69) is 5.32 Å². The highest BCUT2D eigenvalue weighted by Gasteiger charge is 2.13. The highest BCUT2D eigenvalue weighted by Crippen LogP contribution is 2.22. The summed E-state index contributed by atoms with van der Waals surface area (Å²) in [6.45, 7) is 4.78. The predicted molar refractivity (Wildman–Crippen MR) is 111 cm³/mol. The first-order valence-electron chi connectivity index (χ1n) is 9.51. The van der Waals surface area contributed by atoms with Gasteiger partial charge in [0, 0.05) is 11.3 Å². The maximum Gasteiger partial charge on any atom is 0.338 e. The van der Waals surface area contributed by atoms with Crippen LogP contribution in [0.4, 0.5) is 5.69 Å². The quantitative estimate of drug-likeness (QED) is 0.383. The van der Waals surface area contributed by atoms with Gasteiger partial charge in [0.1, 0.15) is 17.4 Å². The Labute approximate surface area is 170 Å². The van der Waals surface area contributed by atoms with Crippen molar-refractivity contribution < 1.29 is 19.1 Å². The summed E-state index contributed by atoms with van der Waals surface area (Å²) in [5.41, 5.74) is 1.30. The number of nitrogens with one attached hydrogen (secondary N) is 1. The van der Waals surface area contributed by atoms with Crippen LogP contribution in [0.5, 0.6) is 5.75 Å². The molecule has 0 aliphatic heterocycles. The van der Waals surface area contributed by atoms with Crippen molar-refractivity contribution in [1.29, 1.82) is 5.26 Å². The van der Waals surface area contributed by atoms with Gasteiger partial charge in [0.05, 0.1) is 18.8 Å². The second-order valence-electron chi connectivity index (χ2n) is 6.23. The van der Waals surface area contributed by atoms with Crippen molar-refractivity contribution in [2.24, 2.45) is 0 Å². The molecule has 0 aromatic heterocycles. The second-order valence-corrected chi connectivity index (χ2v) is 6.23. The van der Waals surface area contributed by atoms with Crippen LogP contribution in [0, 0.1) is 11.3 Å². The van der Waals surface area contributed by atoms with E-state index in [1.54, 1.807) is 30.3 Å². The number of esters is 1. The molecule has 1 N–H and O–H groups in total. The number of nitriles is 1. The molecule has 2 rings (SSSR count). The molecule has 6 nitrogen and oxygen atoms in total. The van der Waals surface area contributed by atoms with Crippen LogP contribution in [0.1, 0.15) is 42.6 Å². The predicted octanol–water partition coefficient (Wildman–Crippen LogP) is 4.59. The van der Waals surface area contributed by atoms with Gasteiger partial charge in [-0.2, -0.15) is 5.26 Å². The van der Waals surface area contributed by atoms with Crippen LogP contribution in [0.15, 0.2) is 54.1 Å². The molecule has 0 saturated carbocycles. The lowest BCUT2D eigenvalue weighted by Gasteiger charge is -2.09. The second kappa shape index (κ2) is 11.3. The molecule has 0 heterocycles. The molecule has 0 aliphatic rings. The molecule has 1 amide bonds. The summed E-state index contributed by atoms with van der Waals surface area (Å²) in [7, 11) is 0. The third-order valence-electron chi connectivity index (χ3n) is 3.84. The van der Waals surface area contributed by atoms with E-state index in [0.29, 0.717) is 35.8 Å². The van der Waals surface area contributed by atoms with Gasteiger partial charge in [0.15, 0.2) is 0 Å². The summed E-state index contributed by atoms with van der Waals surface area (Å²) in [5.74, 6) is -0.423. The van der Waals surface area contributed by atoms with Gasteiger partial charge >= 0.3 is 5.97 Å². The number of para-hydroxylation sites is 1. The third-order valence-corrected chi connectivity index (χ3v) is 3.84. The van der Waals surface area contributed by atoms with E-state index >= 15 is 0 Å². The molecule has 0 atom stereocenters. The molecule has 0 spiro atoms. The number of carbonyl (C=O) groups excluding carboxylic acids is 2. The zero-order chi connectivity index (χ0) is 21.1. The maximum atomic E-state index is 12.6. The lowest BCUT2D eigenvalue weighted by Crippen LogP contribution is -2.14. The number of anilines is 1. The third kappa shape index (κ3) is 6.51. The molecule has 150 valence electrons. The highest BCUT2D eigenvalue weighted by molar-refractivity contribution is 6.10. The molecule has 0 saturated heterocycles. The van der Waals surface area contributed by atoms with E-state index < -0.39 is 11.9 Å². The van der Waals surface area contributed by atoms with Crippen LogP contribution in [0.2, 0.25) is 0 Å². The Hall–Kier alpha value is -3.59. The van der Waals surface area contributed by atoms with Gasteiger partial charge in [-0.05, 0) is 43.2 Å². The van der Waals surface area contributed by atoms with Gasteiger partial charge < -0.3 is 14.8 Å². The fourth-order valence-corrected chi connectivity index (χ4v) is 2.45.